The first kappa shape index (κ1) is 17.3. The van der Waals surface area contributed by atoms with Gasteiger partial charge in [-0.25, -0.2) is 4.98 Å². The van der Waals surface area contributed by atoms with E-state index in [2.05, 4.69) is 31.4 Å². The molecule has 1 N–H and O–H groups in total. The molecule has 0 aliphatic rings. The van der Waals surface area contributed by atoms with Crippen LogP contribution >= 0.6 is 15.9 Å². The Morgan fingerprint density at radius 1 is 1.22 bits per heavy atom. The lowest BCUT2D eigenvalue weighted by Gasteiger charge is -2.14. The summed E-state index contributed by atoms with van der Waals surface area (Å²) < 4.78 is 38.2. The van der Waals surface area contributed by atoms with Crippen molar-refractivity contribution in [2.75, 3.05) is 24.4 Å². The Morgan fingerprint density at radius 2 is 1.96 bits per heavy atom. The Kier molecular flexibility index (Phi) is 5.25. The van der Waals surface area contributed by atoms with Gasteiger partial charge in [0.05, 0.1) is 17.5 Å². The topological polar surface area (TPSA) is 40.5 Å². The molecule has 4 nitrogen and oxygen atoms in total. The molecule has 8 heteroatoms. The van der Waals surface area contributed by atoms with E-state index in [1.807, 2.05) is 37.2 Å². The standard InChI is InChI=1S/C15H14BrF3N4/c1-23(2)13-5-3-10(7-12(13)16)8-21-22-14-6-4-11(9-20-14)15(17,18)19/h3-9H,1-2H3,(H,20,22)/b21-8-. The highest BCUT2D eigenvalue weighted by atomic mass is 79.9. The maximum absolute atomic E-state index is 12.4. The van der Waals surface area contributed by atoms with Crippen LogP contribution in [0, 0.1) is 0 Å². The number of hydrazone groups is 1. The molecule has 2 rings (SSSR count). The van der Waals surface area contributed by atoms with Crippen LogP contribution in [-0.2, 0) is 6.18 Å². The van der Waals surface area contributed by atoms with Crippen LogP contribution in [0.5, 0.6) is 0 Å². The van der Waals surface area contributed by atoms with E-state index in [1.165, 1.54) is 6.07 Å². The highest BCUT2D eigenvalue weighted by Gasteiger charge is 2.30. The second-order valence-corrected chi connectivity index (χ2v) is 5.76. The first-order valence-corrected chi connectivity index (χ1v) is 7.36. The van der Waals surface area contributed by atoms with E-state index in [0.29, 0.717) is 0 Å². The van der Waals surface area contributed by atoms with Crippen LogP contribution in [0.2, 0.25) is 0 Å². The minimum atomic E-state index is -4.39. The third-order valence-corrected chi connectivity index (χ3v) is 3.57. The predicted octanol–water partition coefficient (Wildman–Crippen LogP) is 4.37. The van der Waals surface area contributed by atoms with Crippen LogP contribution in [0.3, 0.4) is 0 Å². The van der Waals surface area contributed by atoms with Crippen LogP contribution < -0.4 is 10.3 Å². The zero-order valence-electron chi connectivity index (χ0n) is 12.4. The number of halogens is 4. The number of pyridine rings is 1. The molecular formula is C15H14BrF3N4. The maximum atomic E-state index is 12.4. The molecule has 0 unspecified atom stereocenters. The largest absolute Gasteiger partial charge is 0.417 e. The van der Waals surface area contributed by atoms with Gasteiger partial charge >= 0.3 is 6.18 Å². The van der Waals surface area contributed by atoms with Gasteiger partial charge < -0.3 is 4.90 Å². The maximum Gasteiger partial charge on any atom is 0.417 e. The van der Waals surface area contributed by atoms with E-state index in [1.54, 1.807) is 6.21 Å². The fourth-order valence-electron chi connectivity index (χ4n) is 1.77. The molecule has 0 radical (unpaired) electrons. The van der Waals surface area contributed by atoms with Gasteiger partial charge in [-0.15, -0.1) is 0 Å². The number of nitrogens with zero attached hydrogens (tertiary/aromatic N) is 3. The molecule has 0 atom stereocenters. The zero-order valence-corrected chi connectivity index (χ0v) is 14.0. The first-order chi connectivity index (χ1) is 10.8. The number of hydrogen-bond acceptors (Lipinski definition) is 4. The highest BCUT2D eigenvalue weighted by Crippen LogP contribution is 2.29. The van der Waals surface area contributed by atoms with Crippen molar-refractivity contribution in [2.24, 2.45) is 5.10 Å². The summed E-state index contributed by atoms with van der Waals surface area (Å²) in [6, 6.07) is 7.88. The van der Waals surface area contributed by atoms with Crippen molar-refractivity contribution in [2.45, 2.75) is 6.18 Å². The second kappa shape index (κ2) is 6.99. The third-order valence-electron chi connectivity index (χ3n) is 2.94. The first-order valence-electron chi connectivity index (χ1n) is 6.56. The third kappa shape index (κ3) is 4.69. The van der Waals surface area contributed by atoms with E-state index in [-0.39, 0.29) is 5.82 Å². The minimum absolute atomic E-state index is 0.234. The molecule has 122 valence electrons. The van der Waals surface area contributed by atoms with E-state index in [9.17, 15) is 13.2 Å². The Hall–Kier alpha value is -2.09. The van der Waals surface area contributed by atoms with E-state index < -0.39 is 11.7 Å². The van der Waals surface area contributed by atoms with Gasteiger partial charge in [-0.3, -0.25) is 5.43 Å². The van der Waals surface area contributed by atoms with Crippen molar-refractivity contribution in [3.63, 3.8) is 0 Å². The molecule has 0 saturated heterocycles. The monoisotopic (exact) mass is 386 g/mol. The average molecular weight is 387 g/mol. The van der Waals surface area contributed by atoms with Gasteiger partial charge in [0.25, 0.3) is 0 Å². The Bertz CT molecular complexity index is 697. The number of rotatable bonds is 4. The Labute approximate surface area is 140 Å². The van der Waals surface area contributed by atoms with Gasteiger partial charge in [-0.05, 0) is 45.8 Å². The van der Waals surface area contributed by atoms with Gasteiger partial charge in [0, 0.05) is 24.8 Å². The molecule has 1 heterocycles. The molecule has 0 saturated carbocycles. The summed E-state index contributed by atoms with van der Waals surface area (Å²) in [5.41, 5.74) is 3.66. The quantitative estimate of drug-likeness (QED) is 0.626. The summed E-state index contributed by atoms with van der Waals surface area (Å²) in [7, 11) is 3.87. The molecule has 23 heavy (non-hydrogen) atoms. The summed E-state index contributed by atoms with van der Waals surface area (Å²) >= 11 is 3.47. The summed E-state index contributed by atoms with van der Waals surface area (Å²) in [5.74, 6) is 0.234. The molecule has 1 aromatic heterocycles. The van der Waals surface area contributed by atoms with Crippen LogP contribution in [0.25, 0.3) is 0 Å². The lowest BCUT2D eigenvalue weighted by Crippen LogP contribution is -2.09. The molecule has 2 aromatic rings. The molecule has 0 amide bonds. The van der Waals surface area contributed by atoms with Crippen molar-refractivity contribution < 1.29 is 13.2 Å². The number of alkyl halides is 3. The highest BCUT2D eigenvalue weighted by molar-refractivity contribution is 9.10. The minimum Gasteiger partial charge on any atom is -0.377 e. The molecule has 0 spiro atoms. The summed E-state index contributed by atoms with van der Waals surface area (Å²) in [6.07, 6.45) is -2.07. The van der Waals surface area contributed by atoms with Crippen molar-refractivity contribution >= 4 is 33.6 Å². The fourth-order valence-corrected chi connectivity index (χ4v) is 2.52. The number of nitrogens with one attached hydrogen (secondary N) is 1. The van der Waals surface area contributed by atoms with Gasteiger partial charge in [0.15, 0.2) is 0 Å². The molecule has 0 aliphatic heterocycles. The zero-order chi connectivity index (χ0) is 17.0. The predicted molar refractivity (Wildman–Crippen MR) is 88.9 cm³/mol. The number of benzene rings is 1. The van der Waals surface area contributed by atoms with Crippen molar-refractivity contribution in [1.29, 1.82) is 0 Å². The van der Waals surface area contributed by atoms with E-state index >= 15 is 0 Å². The normalized spacial score (nSPS) is 11.7. The van der Waals surface area contributed by atoms with Gasteiger partial charge in [-0.1, -0.05) is 6.07 Å². The molecule has 0 aliphatic carbocycles. The Morgan fingerprint density at radius 3 is 2.48 bits per heavy atom. The summed E-state index contributed by atoms with van der Waals surface area (Å²) in [4.78, 5) is 5.64. The number of anilines is 2. The van der Waals surface area contributed by atoms with Crippen LogP contribution in [0.15, 0.2) is 46.1 Å². The summed E-state index contributed by atoms with van der Waals surface area (Å²) in [6.45, 7) is 0. The van der Waals surface area contributed by atoms with Crippen molar-refractivity contribution in [1.82, 2.24) is 4.98 Å². The lowest BCUT2D eigenvalue weighted by atomic mass is 10.2. The van der Waals surface area contributed by atoms with Crippen molar-refractivity contribution in [3.8, 4) is 0 Å². The lowest BCUT2D eigenvalue weighted by molar-refractivity contribution is -0.137. The molecule has 0 fully saturated rings. The van der Waals surface area contributed by atoms with Crippen molar-refractivity contribution in [3.05, 3.63) is 52.1 Å². The van der Waals surface area contributed by atoms with Gasteiger partial charge in [0.1, 0.15) is 5.82 Å². The fraction of sp³-hybridized carbons (Fsp3) is 0.200. The smallest absolute Gasteiger partial charge is 0.377 e. The van der Waals surface area contributed by atoms with Gasteiger partial charge in [0.2, 0.25) is 0 Å². The number of hydrogen-bond donors (Lipinski definition) is 1. The van der Waals surface area contributed by atoms with E-state index in [4.69, 9.17) is 0 Å². The van der Waals surface area contributed by atoms with Crippen LogP contribution in [0.4, 0.5) is 24.7 Å². The number of aromatic nitrogens is 1. The molecular weight excluding hydrogens is 373 g/mol. The SMILES string of the molecule is CN(C)c1ccc(/C=N\Nc2ccc(C(F)(F)F)cn2)cc1Br. The molecule has 0 bridgehead atoms. The molecule has 1 aromatic carbocycles. The average Bonchev–Trinajstić information content (AvgIpc) is 2.46. The summed E-state index contributed by atoms with van der Waals surface area (Å²) in [5, 5.41) is 3.97. The van der Waals surface area contributed by atoms with Crippen LogP contribution in [-0.4, -0.2) is 25.3 Å². The van der Waals surface area contributed by atoms with E-state index in [0.717, 1.165) is 28.0 Å². The second-order valence-electron chi connectivity index (χ2n) is 4.91. The Balaban J connectivity index is 2.03. The van der Waals surface area contributed by atoms with Gasteiger partial charge in [-0.2, -0.15) is 18.3 Å². The van der Waals surface area contributed by atoms with Crippen LogP contribution in [0.1, 0.15) is 11.1 Å².